The van der Waals surface area contributed by atoms with Crippen LogP contribution in [0.4, 0.5) is 0 Å². The second-order valence-electron chi connectivity index (χ2n) is 5.97. The first-order valence-corrected chi connectivity index (χ1v) is 7.63. The monoisotopic (exact) mass is 255 g/mol. The van der Waals surface area contributed by atoms with Crippen molar-refractivity contribution in [2.45, 2.75) is 70.1 Å². The molecule has 0 aromatic rings. The van der Waals surface area contributed by atoms with Crippen LogP contribution in [0.25, 0.3) is 0 Å². The Bertz CT molecular complexity index is 251. The van der Waals surface area contributed by atoms with Crippen LogP contribution in [0, 0.1) is 5.92 Å². The summed E-state index contributed by atoms with van der Waals surface area (Å²) in [5, 5.41) is 3.48. The highest BCUT2D eigenvalue weighted by molar-refractivity contribution is 4.95. The molecule has 3 atom stereocenters. The van der Waals surface area contributed by atoms with Crippen molar-refractivity contribution >= 4 is 0 Å². The Morgan fingerprint density at radius 3 is 2.72 bits per heavy atom. The van der Waals surface area contributed by atoms with E-state index in [0.29, 0.717) is 18.1 Å². The summed E-state index contributed by atoms with van der Waals surface area (Å²) >= 11 is 0. The summed E-state index contributed by atoms with van der Waals surface area (Å²) in [6, 6.07) is 0.464. The van der Waals surface area contributed by atoms with Crippen LogP contribution in [0.2, 0.25) is 0 Å². The first-order chi connectivity index (χ1) is 8.71. The van der Waals surface area contributed by atoms with Crippen molar-refractivity contribution in [2.75, 3.05) is 20.3 Å². The zero-order valence-electron chi connectivity index (χ0n) is 12.2. The number of hydrogen-bond donors (Lipinski definition) is 1. The minimum Gasteiger partial charge on any atom is -0.377 e. The van der Waals surface area contributed by atoms with E-state index in [1.54, 1.807) is 0 Å². The van der Waals surface area contributed by atoms with E-state index in [9.17, 15) is 0 Å². The summed E-state index contributed by atoms with van der Waals surface area (Å²) < 4.78 is 11.9. The van der Waals surface area contributed by atoms with Crippen LogP contribution in [-0.4, -0.2) is 38.0 Å². The minimum absolute atomic E-state index is 0.212. The molecule has 1 N–H and O–H groups in total. The highest BCUT2D eigenvalue weighted by atomic mass is 16.5. The largest absolute Gasteiger partial charge is 0.377 e. The van der Waals surface area contributed by atoms with Crippen LogP contribution in [0.3, 0.4) is 0 Å². The van der Waals surface area contributed by atoms with Gasteiger partial charge in [0.15, 0.2) is 0 Å². The van der Waals surface area contributed by atoms with E-state index in [1.165, 1.54) is 38.5 Å². The maximum atomic E-state index is 6.12. The fraction of sp³-hybridized carbons (Fsp3) is 1.00. The summed E-state index contributed by atoms with van der Waals surface area (Å²) in [6.07, 6.45) is 7.91. The Labute approximate surface area is 112 Å². The molecular formula is C15H29NO2. The summed E-state index contributed by atoms with van der Waals surface area (Å²) in [6.45, 7) is 6.00. The first kappa shape index (κ1) is 14.3. The highest BCUT2D eigenvalue weighted by Gasteiger charge is 2.42. The van der Waals surface area contributed by atoms with Crippen LogP contribution >= 0.6 is 0 Å². The quantitative estimate of drug-likeness (QED) is 0.819. The zero-order valence-corrected chi connectivity index (χ0v) is 12.2. The maximum absolute atomic E-state index is 6.12. The van der Waals surface area contributed by atoms with Gasteiger partial charge in [0, 0.05) is 19.3 Å². The van der Waals surface area contributed by atoms with E-state index in [-0.39, 0.29) is 5.60 Å². The molecule has 3 heteroatoms. The third-order valence-electron chi connectivity index (χ3n) is 4.82. The van der Waals surface area contributed by atoms with Gasteiger partial charge in [0.2, 0.25) is 0 Å². The second-order valence-corrected chi connectivity index (χ2v) is 5.97. The summed E-state index contributed by atoms with van der Waals surface area (Å²) in [5.41, 5.74) is 0.212. The fourth-order valence-electron chi connectivity index (χ4n) is 3.96. The second kappa shape index (κ2) is 6.36. The zero-order chi connectivity index (χ0) is 13.0. The summed E-state index contributed by atoms with van der Waals surface area (Å²) in [7, 11) is 2.07. The molecule has 0 aromatic heterocycles. The molecule has 3 unspecified atom stereocenters. The van der Waals surface area contributed by atoms with Gasteiger partial charge in [0.05, 0.1) is 11.7 Å². The molecule has 1 spiro atoms. The lowest BCUT2D eigenvalue weighted by Crippen LogP contribution is -2.49. The average Bonchev–Trinajstić information content (AvgIpc) is 2.79. The molecule has 2 rings (SSSR count). The van der Waals surface area contributed by atoms with E-state index < -0.39 is 0 Å². The smallest absolute Gasteiger partial charge is 0.0702 e. The van der Waals surface area contributed by atoms with Crippen molar-refractivity contribution in [1.29, 1.82) is 0 Å². The molecule has 1 saturated heterocycles. The molecule has 1 aliphatic carbocycles. The molecule has 18 heavy (non-hydrogen) atoms. The molecule has 0 amide bonds. The lowest BCUT2D eigenvalue weighted by atomic mass is 9.79. The Kier molecular flexibility index (Phi) is 5.05. The standard InChI is InChI=1S/C15H29NO2/c1-4-17-12(2)14(16-3)13-7-10-18-15(11-13)8-5-6-9-15/h12-14,16H,4-11H2,1-3H3. The Morgan fingerprint density at radius 1 is 1.39 bits per heavy atom. The number of nitrogens with one attached hydrogen (secondary N) is 1. The predicted molar refractivity (Wildman–Crippen MR) is 73.8 cm³/mol. The van der Waals surface area contributed by atoms with Crippen LogP contribution in [-0.2, 0) is 9.47 Å². The summed E-state index contributed by atoms with van der Waals surface area (Å²) in [4.78, 5) is 0. The molecule has 2 fully saturated rings. The molecule has 1 aliphatic heterocycles. The van der Waals surface area contributed by atoms with Gasteiger partial charge in [-0.25, -0.2) is 0 Å². The molecule has 1 saturated carbocycles. The Morgan fingerprint density at radius 2 is 2.11 bits per heavy atom. The molecule has 0 bridgehead atoms. The lowest BCUT2D eigenvalue weighted by Gasteiger charge is -2.42. The van der Waals surface area contributed by atoms with Crippen molar-refractivity contribution in [2.24, 2.45) is 5.92 Å². The topological polar surface area (TPSA) is 30.5 Å². The van der Waals surface area contributed by atoms with E-state index >= 15 is 0 Å². The van der Waals surface area contributed by atoms with E-state index in [1.807, 2.05) is 0 Å². The average molecular weight is 255 g/mol. The van der Waals surface area contributed by atoms with Crippen LogP contribution in [0.15, 0.2) is 0 Å². The normalized spacial score (nSPS) is 30.5. The molecule has 3 nitrogen and oxygen atoms in total. The van der Waals surface area contributed by atoms with Gasteiger partial charge in [-0.15, -0.1) is 0 Å². The third kappa shape index (κ3) is 3.06. The molecule has 1 heterocycles. The van der Waals surface area contributed by atoms with Gasteiger partial charge in [-0.3, -0.25) is 0 Å². The summed E-state index contributed by atoms with van der Waals surface area (Å²) in [5.74, 6) is 0.698. The van der Waals surface area contributed by atoms with Crippen molar-refractivity contribution < 1.29 is 9.47 Å². The lowest BCUT2D eigenvalue weighted by molar-refractivity contribution is -0.106. The number of ether oxygens (including phenoxy) is 2. The van der Waals surface area contributed by atoms with Gasteiger partial charge in [-0.1, -0.05) is 12.8 Å². The number of hydrogen-bond acceptors (Lipinski definition) is 3. The van der Waals surface area contributed by atoms with Gasteiger partial charge in [-0.2, -0.15) is 0 Å². The van der Waals surface area contributed by atoms with Crippen molar-refractivity contribution in [3.8, 4) is 0 Å². The maximum Gasteiger partial charge on any atom is 0.0702 e. The third-order valence-corrected chi connectivity index (χ3v) is 4.82. The van der Waals surface area contributed by atoms with Gasteiger partial charge >= 0.3 is 0 Å². The van der Waals surface area contributed by atoms with Gasteiger partial charge in [-0.05, 0) is 52.5 Å². The highest BCUT2D eigenvalue weighted by Crippen LogP contribution is 2.43. The minimum atomic E-state index is 0.212. The van der Waals surface area contributed by atoms with Crippen molar-refractivity contribution in [3.63, 3.8) is 0 Å². The van der Waals surface area contributed by atoms with Crippen LogP contribution in [0.1, 0.15) is 52.4 Å². The SMILES string of the molecule is CCOC(C)C(NC)C1CCOC2(CCCC2)C1. The fourth-order valence-corrected chi connectivity index (χ4v) is 3.96. The molecule has 106 valence electrons. The van der Waals surface area contributed by atoms with Crippen molar-refractivity contribution in [3.05, 3.63) is 0 Å². The van der Waals surface area contributed by atoms with E-state index in [2.05, 4.69) is 26.2 Å². The number of likely N-dealkylation sites (N-methyl/N-ethyl adjacent to an activating group) is 1. The van der Waals surface area contributed by atoms with E-state index in [0.717, 1.165) is 13.2 Å². The van der Waals surface area contributed by atoms with E-state index in [4.69, 9.17) is 9.47 Å². The molecule has 2 aliphatic rings. The Balaban J connectivity index is 1.97. The predicted octanol–water partition coefficient (Wildman–Crippen LogP) is 2.74. The van der Waals surface area contributed by atoms with Gasteiger partial charge < -0.3 is 14.8 Å². The Hall–Kier alpha value is -0.120. The van der Waals surface area contributed by atoms with Gasteiger partial charge in [0.1, 0.15) is 0 Å². The molecular weight excluding hydrogens is 226 g/mol. The van der Waals surface area contributed by atoms with Crippen LogP contribution in [0.5, 0.6) is 0 Å². The van der Waals surface area contributed by atoms with Crippen LogP contribution < -0.4 is 5.32 Å². The first-order valence-electron chi connectivity index (χ1n) is 7.63. The number of rotatable bonds is 5. The van der Waals surface area contributed by atoms with Crippen molar-refractivity contribution in [1.82, 2.24) is 5.32 Å². The molecule has 0 aromatic carbocycles. The van der Waals surface area contributed by atoms with Gasteiger partial charge in [0.25, 0.3) is 0 Å². The molecule has 0 radical (unpaired) electrons.